The molecule has 1 aromatic carbocycles. The summed E-state index contributed by atoms with van der Waals surface area (Å²) in [6, 6.07) is 10.4. The number of ether oxygens (including phenoxy) is 1. The summed E-state index contributed by atoms with van der Waals surface area (Å²) in [6.45, 7) is 5.14. The average molecular weight is 235 g/mol. The standard InChI is InChI=1S/C14H21NO2/c1-3-13(10-14(16)17-4-2)15-11-12-8-6-5-7-9-12/h5-9,13,15H,3-4,10-11H2,1-2H3/t13-/m0/s1. The molecule has 0 spiro atoms. The molecule has 0 fully saturated rings. The third-order valence-electron chi connectivity index (χ3n) is 2.65. The summed E-state index contributed by atoms with van der Waals surface area (Å²) in [5.74, 6) is -0.125. The Labute approximate surface area is 103 Å². The van der Waals surface area contributed by atoms with Gasteiger partial charge in [-0.2, -0.15) is 0 Å². The highest BCUT2D eigenvalue weighted by Gasteiger charge is 2.11. The monoisotopic (exact) mass is 235 g/mol. The Hall–Kier alpha value is -1.35. The van der Waals surface area contributed by atoms with Crippen molar-refractivity contribution in [1.29, 1.82) is 0 Å². The first-order valence-corrected chi connectivity index (χ1v) is 6.19. The highest BCUT2D eigenvalue weighted by atomic mass is 16.5. The summed E-state index contributed by atoms with van der Waals surface area (Å²) in [6.07, 6.45) is 1.36. The molecule has 1 N–H and O–H groups in total. The Morgan fingerprint density at radius 1 is 1.29 bits per heavy atom. The molecule has 0 aliphatic carbocycles. The Bertz CT molecular complexity index is 324. The van der Waals surface area contributed by atoms with Gasteiger partial charge in [-0.1, -0.05) is 37.3 Å². The number of nitrogens with one attached hydrogen (secondary N) is 1. The number of hydrogen-bond acceptors (Lipinski definition) is 3. The lowest BCUT2D eigenvalue weighted by Gasteiger charge is -2.16. The number of hydrogen-bond donors (Lipinski definition) is 1. The van der Waals surface area contributed by atoms with Gasteiger partial charge in [0.25, 0.3) is 0 Å². The van der Waals surface area contributed by atoms with E-state index in [9.17, 15) is 4.79 Å². The molecule has 0 aliphatic heterocycles. The molecule has 94 valence electrons. The molecule has 1 aromatic rings. The predicted octanol–water partition coefficient (Wildman–Crippen LogP) is 2.51. The van der Waals surface area contributed by atoms with Crippen LogP contribution in [-0.4, -0.2) is 18.6 Å². The third kappa shape index (κ3) is 5.50. The van der Waals surface area contributed by atoms with Gasteiger partial charge in [0.2, 0.25) is 0 Å². The van der Waals surface area contributed by atoms with Gasteiger partial charge in [0, 0.05) is 12.6 Å². The molecule has 1 rings (SSSR count). The maximum absolute atomic E-state index is 11.4. The number of esters is 1. The van der Waals surface area contributed by atoms with Gasteiger partial charge in [0.05, 0.1) is 13.0 Å². The van der Waals surface area contributed by atoms with Gasteiger partial charge in [-0.3, -0.25) is 4.79 Å². The molecule has 3 nitrogen and oxygen atoms in total. The van der Waals surface area contributed by atoms with Gasteiger partial charge < -0.3 is 10.1 Å². The van der Waals surface area contributed by atoms with Gasteiger partial charge in [-0.25, -0.2) is 0 Å². The topological polar surface area (TPSA) is 38.3 Å². The van der Waals surface area contributed by atoms with Crippen LogP contribution in [0.4, 0.5) is 0 Å². The van der Waals surface area contributed by atoms with Crippen LogP contribution in [0, 0.1) is 0 Å². The van der Waals surface area contributed by atoms with Crippen LogP contribution < -0.4 is 5.32 Å². The van der Waals surface area contributed by atoms with Crippen molar-refractivity contribution < 1.29 is 9.53 Å². The van der Waals surface area contributed by atoms with Crippen LogP contribution in [0.2, 0.25) is 0 Å². The van der Waals surface area contributed by atoms with Crippen molar-refractivity contribution in [3.8, 4) is 0 Å². The SMILES string of the molecule is CCOC(=O)C[C@H](CC)NCc1ccccc1. The van der Waals surface area contributed by atoms with Crippen LogP contribution in [-0.2, 0) is 16.1 Å². The second-order valence-corrected chi connectivity index (χ2v) is 3.98. The molecule has 3 heteroatoms. The quantitative estimate of drug-likeness (QED) is 0.738. The van der Waals surface area contributed by atoms with Crippen LogP contribution in [0.1, 0.15) is 32.3 Å². The molecule has 0 aliphatic rings. The van der Waals surface area contributed by atoms with Crippen LogP contribution >= 0.6 is 0 Å². The van der Waals surface area contributed by atoms with Crippen molar-refractivity contribution >= 4 is 5.97 Å². The van der Waals surface area contributed by atoms with Gasteiger partial charge >= 0.3 is 5.97 Å². The van der Waals surface area contributed by atoms with E-state index in [0.717, 1.165) is 13.0 Å². The largest absolute Gasteiger partial charge is 0.466 e. The Balaban J connectivity index is 2.34. The first-order valence-electron chi connectivity index (χ1n) is 6.19. The highest BCUT2D eigenvalue weighted by Crippen LogP contribution is 2.03. The fourth-order valence-electron chi connectivity index (χ4n) is 1.64. The smallest absolute Gasteiger partial charge is 0.307 e. The number of rotatable bonds is 7. The minimum absolute atomic E-state index is 0.125. The van der Waals surface area contributed by atoms with Gasteiger partial charge in [-0.05, 0) is 18.9 Å². The van der Waals surface area contributed by atoms with Crippen molar-refractivity contribution in [1.82, 2.24) is 5.32 Å². The van der Waals surface area contributed by atoms with E-state index in [0.29, 0.717) is 13.0 Å². The average Bonchev–Trinajstić information content (AvgIpc) is 2.36. The van der Waals surface area contributed by atoms with E-state index < -0.39 is 0 Å². The fourth-order valence-corrected chi connectivity index (χ4v) is 1.64. The van der Waals surface area contributed by atoms with E-state index in [1.54, 1.807) is 0 Å². The molecule has 1 atom stereocenters. The van der Waals surface area contributed by atoms with Crippen LogP contribution in [0.3, 0.4) is 0 Å². The summed E-state index contributed by atoms with van der Waals surface area (Å²) >= 11 is 0. The zero-order chi connectivity index (χ0) is 12.5. The maximum atomic E-state index is 11.4. The maximum Gasteiger partial charge on any atom is 0.307 e. The highest BCUT2D eigenvalue weighted by molar-refractivity contribution is 5.70. The van der Waals surface area contributed by atoms with E-state index in [4.69, 9.17) is 4.74 Å². The van der Waals surface area contributed by atoms with Gasteiger partial charge in [0.1, 0.15) is 0 Å². The zero-order valence-corrected chi connectivity index (χ0v) is 10.6. The summed E-state index contributed by atoms with van der Waals surface area (Å²) < 4.78 is 4.95. The first-order chi connectivity index (χ1) is 8.26. The van der Waals surface area contributed by atoms with E-state index in [1.165, 1.54) is 5.56 Å². The second-order valence-electron chi connectivity index (χ2n) is 3.98. The van der Waals surface area contributed by atoms with E-state index in [-0.39, 0.29) is 12.0 Å². The molecule has 17 heavy (non-hydrogen) atoms. The van der Waals surface area contributed by atoms with E-state index in [2.05, 4.69) is 24.4 Å². The molecule has 0 saturated heterocycles. The zero-order valence-electron chi connectivity index (χ0n) is 10.6. The molecule has 0 bridgehead atoms. The lowest BCUT2D eigenvalue weighted by Crippen LogP contribution is -2.31. The minimum Gasteiger partial charge on any atom is -0.466 e. The summed E-state index contributed by atoms with van der Waals surface area (Å²) in [7, 11) is 0. The fraction of sp³-hybridized carbons (Fsp3) is 0.500. The summed E-state index contributed by atoms with van der Waals surface area (Å²) in [5, 5.41) is 3.37. The Morgan fingerprint density at radius 2 is 2.00 bits per heavy atom. The van der Waals surface area contributed by atoms with Crippen LogP contribution in [0.25, 0.3) is 0 Å². The molecule has 0 aromatic heterocycles. The molecular weight excluding hydrogens is 214 g/mol. The Kier molecular flexibility index (Phi) is 6.33. The molecule has 0 unspecified atom stereocenters. The van der Waals surface area contributed by atoms with E-state index in [1.807, 2.05) is 25.1 Å². The molecule has 0 amide bonds. The van der Waals surface area contributed by atoms with Gasteiger partial charge in [-0.15, -0.1) is 0 Å². The third-order valence-corrected chi connectivity index (χ3v) is 2.65. The van der Waals surface area contributed by atoms with Gasteiger partial charge in [0.15, 0.2) is 0 Å². The van der Waals surface area contributed by atoms with Crippen molar-refractivity contribution in [2.45, 2.75) is 39.3 Å². The second kappa shape index (κ2) is 7.85. The molecule has 0 radical (unpaired) electrons. The lowest BCUT2D eigenvalue weighted by atomic mass is 10.1. The van der Waals surface area contributed by atoms with Crippen molar-refractivity contribution in [2.75, 3.05) is 6.61 Å². The van der Waals surface area contributed by atoms with Crippen LogP contribution in [0.15, 0.2) is 30.3 Å². The Morgan fingerprint density at radius 3 is 2.59 bits per heavy atom. The van der Waals surface area contributed by atoms with Crippen molar-refractivity contribution in [2.24, 2.45) is 0 Å². The number of benzene rings is 1. The summed E-state index contributed by atoms with van der Waals surface area (Å²) in [5.41, 5.74) is 1.23. The predicted molar refractivity (Wildman–Crippen MR) is 68.6 cm³/mol. The minimum atomic E-state index is -0.125. The lowest BCUT2D eigenvalue weighted by molar-refractivity contribution is -0.143. The van der Waals surface area contributed by atoms with E-state index >= 15 is 0 Å². The molecular formula is C14H21NO2. The molecule has 0 heterocycles. The first kappa shape index (κ1) is 13.7. The number of carbonyl (C=O) groups is 1. The van der Waals surface area contributed by atoms with Crippen molar-refractivity contribution in [3.63, 3.8) is 0 Å². The van der Waals surface area contributed by atoms with Crippen LogP contribution in [0.5, 0.6) is 0 Å². The normalized spacial score (nSPS) is 12.1. The number of carbonyl (C=O) groups excluding carboxylic acids is 1. The van der Waals surface area contributed by atoms with Crippen molar-refractivity contribution in [3.05, 3.63) is 35.9 Å². The summed E-state index contributed by atoms with van der Waals surface area (Å²) in [4.78, 5) is 11.4. The molecule has 0 saturated carbocycles.